The monoisotopic (exact) mass is 282 g/mol. The molecule has 0 aliphatic heterocycles. The van der Waals surface area contributed by atoms with E-state index in [9.17, 15) is 14.9 Å². The highest BCUT2D eigenvalue weighted by Gasteiger charge is 2.31. The first-order valence-corrected chi connectivity index (χ1v) is 5.96. The Hall–Kier alpha value is -2.29. The topological polar surface area (TPSA) is 98.5 Å². The summed E-state index contributed by atoms with van der Waals surface area (Å²) in [5, 5.41) is 11.5. The maximum absolute atomic E-state index is 11.6. The van der Waals surface area contributed by atoms with Crippen molar-refractivity contribution in [3.8, 4) is 0 Å². The van der Waals surface area contributed by atoms with E-state index in [1.165, 1.54) is 13.4 Å². The van der Waals surface area contributed by atoms with E-state index in [-0.39, 0.29) is 16.0 Å². The Morgan fingerprint density at radius 1 is 1.47 bits per heavy atom. The van der Waals surface area contributed by atoms with Gasteiger partial charge in [-0.05, 0) is 0 Å². The summed E-state index contributed by atoms with van der Waals surface area (Å²) in [7, 11) is 4.59. The van der Waals surface area contributed by atoms with Crippen LogP contribution in [0.15, 0.2) is 6.33 Å². The molecule has 0 saturated carbocycles. The van der Waals surface area contributed by atoms with Crippen molar-refractivity contribution in [1.82, 2.24) is 9.97 Å². The van der Waals surface area contributed by atoms with E-state index in [1.54, 1.807) is 19.0 Å². The summed E-state index contributed by atoms with van der Waals surface area (Å²) in [6.45, 7) is 0. The first kappa shape index (κ1) is 13.1. The van der Waals surface area contributed by atoms with Crippen molar-refractivity contribution in [2.45, 2.75) is 0 Å². The first-order chi connectivity index (χ1) is 8.97. The number of nitrogens with zero attached hydrogens (tertiary/aromatic N) is 4. The van der Waals surface area contributed by atoms with Gasteiger partial charge in [-0.15, -0.1) is 11.3 Å². The molecule has 0 aliphatic carbocycles. The quantitative estimate of drug-likeness (QED) is 0.477. The molecular formula is C10H10N4O4S. The standard InChI is InChI=1S/C10H10N4O4S/c1-13(2)8-5-6(14(16)17)7(10(15)18-3)19-9(5)12-4-11-8/h4H,1-3H3. The molecule has 0 saturated heterocycles. The van der Waals surface area contributed by atoms with Crippen molar-refractivity contribution in [3.63, 3.8) is 0 Å². The van der Waals surface area contributed by atoms with Crippen LogP contribution in [-0.4, -0.2) is 42.1 Å². The highest BCUT2D eigenvalue weighted by molar-refractivity contribution is 7.21. The summed E-state index contributed by atoms with van der Waals surface area (Å²) in [5.74, 6) is -0.359. The van der Waals surface area contributed by atoms with Crippen molar-refractivity contribution >= 4 is 39.0 Å². The van der Waals surface area contributed by atoms with Crippen LogP contribution in [-0.2, 0) is 4.74 Å². The van der Waals surface area contributed by atoms with Gasteiger partial charge in [-0.2, -0.15) is 0 Å². The molecule has 2 aromatic rings. The summed E-state index contributed by atoms with van der Waals surface area (Å²) >= 11 is 0.922. The van der Waals surface area contributed by atoms with E-state index in [4.69, 9.17) is 0 Å². The molecule has 0 aliphatic rings. The fraction of sp³-hybridized carbons (Fsp3) is 0.300. The van der Waals surface area contributed by atoms with Crippen LogP contribution in [0.1, 0.15) is 9.67 Å². The van der Waals surface area contributed by atoms with Gasteiger partial charge in [0.2, 0.25) is 0 Å². The molecule has 0 N–H and O–H groups in total. The molecule has 2 heterocycles. The van der Waals surface area contributed by atoms with Crippen molar-refractivity contribution < 1.29 is 14.5 Å². The van der Waals surface area contributed by atoms with E-state index < -0.39 is 10.9 Å². The molecule has 0 atom stereocenters. The van der Waals surface area contributed by atoms with Crippen LogP contribution in [0.4, 0.5) is 11.5 Å². The molecule has 19 heavy (non-hydrogen) atoms. The maximum atomic E-state index is 11.6. The lowest BCUT2D eigenvalue weighted by molar-refractivity contribution is -0.383. The zero-order chi connectivity index (χ0) is 14.2. The predicted molar refractivity (Wildman–Crippen MR) is 69.7 cm³/mol. The van der Waals surface area contributed by atoms with Gasteiger partial charge in [0.15, 0.2) is 4.88 Å². The van der Waals surface area contributed by atoms with Crippen LogP contribution in [0.25, 0.3) is 10.2 Å². The molecule has 0 spiro atoms. The Balaban J connectivity index is 2.87. The summed E-state index contributed by atoms with van der Waals surface area (Å²) in [6, 6.07) is 0. The number of rotatable bonds is 3. The number of ether oxygens (including phenoxy) is 1. The number of hydrogen-bond donors (Lipinski definition) is 0. The smallest absolute Gasteiger partial charge is 0.355 e. The molecule has 9 heteroatoms. The number of carbonyl (C=O) groups is 1. The van der Waals surface area contributed by atoms with Crippen molar-refractivity contribution in [2.75, 3.05) is 26.1 Å². The van der Waals surface area contributed by atoms with Crippen molar-refractivity contribution in [1.29, 1.82) is 0 Å². The zero-order valence-corrected chi connectivity index (χ0v) is 11.2. The predicted octanol–water partition coefficient (Wildman–Crippen LogP) is 1.45. The number of methoxy groups -OCH3 is 1. The Morgan fingerprint density at radius 3 is 2.68 bits per heavy atom. The van der Waals surface area contributed by atoms with Gasteiger partial charge in [0.05, 0.1) is 12.0 Å². The van der Waals surface area contributed by atoms with Gasteiger partial charge < -0.3 is 9.64 Å². The van der Waals surface area contributed by atoms with Gasteiger partial charge in [0, 0.05) is 14.1 Å². The van der Waals surface area contributed by atoms with E-state index in [0.29, 0.717) is 10.6 Å². The molecule has 2 aromatic heterocycles. The molecule has 0 radical (unpaired) electrons. The SMILES string of the molecule is COC(=O)c1sc2ncnc(N(C)C)c2c1[N+](=O)[O-]. The van der Waals surface area contributed by atoms with Gasteiger partial charge in [-0.1, -0.05) is 0 Å². The third-order valence-electron chi connectivity index (χ3n) is 2.42. The second kappa shape index (κ2) is 4.76. The minimum atomic E-state index is -0.751. The summed E-state index contributed by atoms with van der Waals surface area (Å²) < 4.78 is 4.56. The van der Waals surface area contributed by atoms with E-state index in [0.717, 1.165) is 11.3 Å². The van der Waals surface area contributed by atoms with Crippen molar-refractivity contribution in [2.24, 2.45) is 0 Å². The molecule has 0 fully saturated rings. The minimum absolute atomic E-state index is 0.0777. The normalized spacial score (nSPS) is 10.5. The van der Waals surface area contributed by atoms with E-state index in [2.05, 4.69) is 14.7 Å². The highest BCUT2D eigenvalue weighted by Crippen LogP contribution is 2.40. The Bertz CT molecular complexity index is 667. The fourth-order valence-corrected chi connectivity index (χ4v) is 2.67. The largest absolute Gasteiger partial charge is 0.465 e. The number of nitro groups is 1. The number of hydrogen-bond acceptors (Lipinski definition) is 8. The third-order valence-corrected chi connectivity index (χ3v) is 3.49. The average Bonchev–Trinajstić information content (AvgIpc) is 2.76. The summed E-state index contributed by atoms with van der Waals surface area (Å²) in [4.78, 5) is 32.1. The number of anilines is 1. The second-order valence-electron chi connectivity index (χ2n) is 3.80. The van der Waals surface area contributed by atoms with Crippen LogP contribution in [0, 0.1) is 10.1 Å². The number of thiophene rings is 1. The molecule has 0 amide bonds. The number of carbonyl (C=O) groups excluding carboxylic acids is 1. The number of aromatic nitrogens is 2. The molecule has 8 nitrogen and oxygen atoms in total. The Morgan fingerprint density at radius 2 is 2.16 bits per heavy atom. The van der Waals surface area contributed by atoms with Crippen molar-refractivity contribution in [3.05, 3.63) is 21.3 Å². The second-order valence-corrected chi connectivity index (χ2v) is 4.80. The van der Waals surface area contributed by atoms with E-state index >= 15 is 0 Å². The first-order valence-electron chi connectivity index (χ1n) is 5.15. The van der Waals surface area contributed by atoms with Gasteiger partial charge in [-0.3, -0.25) is 10.1 Å². The molecule has 0 bridgehead atoms. The maximum Gasteiger partial charge on any atom is 0.355 e. The lowest BCUT2D eigenvalue weighted by atomic mass is 10.2. The van der Waals surface area contributed by atoms with Crippen LogP contribution in [0.5, 0.6) is 0 Å². The lowest BCUT2D eigenvalue weighted by Crippen LogP contribution is -2.11. The van der Waals surface area contributed by atoms with Crippen LogP contribution >= 0.6 is 11.3 Å². The van der Waals surface area contributed by atoms with Gasteiger partial charge in [0.25, 0.3) is 0 Å². The molecule has 100 valence electrons. The minimum Gasteiger partial charge on any atom is -0.465 e. The zero-order valence-electron chi connectivity index (χ0n) is 10.4. The summed E-state index contributed by atoms with van der Waals surface area (Å²) in [5.41, 5.74) is -0.309. The Kier molecular flexibility index (Phi) is 3.30. The highest BCUT2D eigenvalue weighted by atomic mass is 32.1. The summed E-state index contributed by atoms with van der Waals surface area (Å²) in [6.07, 6.45) is 1.30. The fourth-order valence-electron chi connectivity index (χ4n) is 1.65. The third kappa shape index (κ3) is 2.08. The molecule has 0 unspecified atom stereocenters. The van der Waals surface area contributed by atoms with Gasteiger partial charge in [-0.25, -0.2) is 14.8 Å². The van der Waals surface area contributed by atoms with Gasteiger partial charge >= 0.3 is 11.7 Å². The molecule has 2 rings (SSSR count). The number of fused-ring (bicyclic) bond motifs is 1. The Labute approximate surface area is 111 Å². The number of esters is 1. The molecule has 0 aromatic carbocycles. The van der Waals surface area contributed by atoms with Gasteiger partial charge in [0.1, 0.15) is 22.4 Å². The van der Waals surface area contributed by atoms with Crippen LogP contribution in [0.2, 0.25) is 0 Å². The average molecular weight is 282 g/mol. The van der Waals surface area contributed by atoms with Crippen LogP contribution < -0.4 is 4.90 Å². The van der Waals surface area contributed by atoms with Crippen LogP contribution in [0.3, 0.4) is 0 Å². The molecular weight excluding hydrogens is 272 g/mol. The lowest BCUT2D eigenvalue weighted by Gasteiger charge is -2.10. The van der Waals surface area contributed by atoms with E-state index in [1.807, 2.05) is 0 Å².